The molecule has 0 N–H and O–H groups in total. The number of aryl methyl sites for hydroxylation is 1. The van der Waals surface area contributed by atoms with Gasteiger partial charge in [0.25, 0.3) is 0 Å². The number of aromatic nitrogens is 2. The van der Waals surface area contributed by atoms with Gasteiger partial charge in [0.05, 0.1) is 12.7 Å². The van der Waals surface area contributed by atoms with Crippen LogP contribution in [0.5, 0.6) is 0 Å². The summed E-state index contributed by atoms with van der Waals surface area (Å²) in [5, 5.41) is 0. The van der Waals surface area contributed by atoms with E-state index < -0.39 is 0 Å². The third kappa shape index (κ3) is 2.05. The smallest absolute Gasteiger partial charge is 0.195 e. The third-order valence-corrected chi connectivity index (χ3v) is 1.69. The summed E-state index contributed by atoms with van der Waals surface area (Å²) in [5.74, 6) is 0. The van der Waals surface area contributed by atoms with Gasteiger partial charge in [-0.15, -0.1) is 4.68 Å². The fourth-order valence-electron chi connectivity index (χ4n) is 1.08. The lowest BCUT2D eigenvalue weighted by atomic mass is 10.7. The van der Waals surface area contributed by atoms with Crippen molar-refractivity contribution >= 4 is 0 Å². The summed E-state index contributed by atoms with van der Waals surface area (Å²) in [6.45, 7) is 4.84. The standard InChI is InChI=1S/C8H15N2O/c1-3-9-5-4-6-10(9)7-8-11-2/h4-6H,3,7-8H2,1-2H3/q+1. The van der Waals surface area contributed by atoms with Crippen LogP contribution in [0, 0.1) is 0 Å². The van der Waals surface area contributed by atoms with Crippen LogP contribution in [0.2, 0.25) is 0 Å². The summed E-state index contributed by atoms with van der Waals surface area (Å²) in [4.78, 5) is 0. The molecule has 0 radical (unpaired) electrons. The second kappa shape index (κ2) is 4.13. The normalized spacial score (nSPS) is 10.4. The van der Waals surface area contributed by atoms with E-state index in [1.165, 1.54) is 0 Å². The first-order valence-corrected chi connectivity index (χ1v) is 3.92. The molecule has 0 unspecified atom stereocenters. The zero-order chi connectivity index (χ0) is 8.10. The number of hydrogen-bond acceptors (Lipinski definition) is 1. The number of nitrogens with zero attached hydrogens (tertiary/aromatic N) is 2. The molecule has 0 bridgehead atoms. The molecule has 0 aliphatic rings. The van der Waals surface area contributed by atoms with Gasteiger partial charge >= 0.3 is 0 Å². The molecule has 3 heteroatoms. The number of rotatable bonds is 4. The minimum atomic E-state index is 0.772. The average molecular weight is 155 g/mol. The van der Waals surface area contributed by atoms with Crippen LogP contribution in [0.25, 0.3) is 0 Å². The van der Waals surface area contributed by atoms with Gasteiger partial charge in [0, 0.05) is 13.2 Å². The molecule has 0 spiro atoms. The van der Waals surface area contributed by atoms with Crippen molar-refractivity contribution < 1.29 is 9.42 Å². The van der Waals surface area contributed by atoms with E-state index >= 15 is 0 Å². The lowest BCUT2D eigenvalue weighted by molar-refractivity contribution is -0.776. The summed E-state index contributed by atoms with van der Waals surface area (Å²) >= 11 is 0. The minimum absolute atomic E-state index is 0.772. The van der Waals surface area contributed by atoms with Gasteiger partial charge in [-0.1, -0.05) is 0 Å². The van der Waals surface area contributed by atoms with E-state index in [1.807, 2.05) is 6.07 Å². The van der Waals surface area contributed by atoms with Crippen LogP contribution in [-0.2, 0) is 17.8 Å². The largest absolute Gasteiger partial charge is 0.378 e. The Labute approximate surface area is 67.2 Å². The van der Waals surface area contributed by atoms with Crippen molar-refractivity contribution in [1.29, 1.82) is 0 Å². The molecule has 0 amide bonds. The maximum Gasteiger partial charge on any atom is 0.195 e. The van der Waals surface area contributed by atoms with Gasteiger partial charge in [-0.25, -0.2) is 0 Å². The molecule has 0 atom stereocenters. The van der Waals surface area contributed by atoms with Gasteiger partial charge in [-0.3, -0.25) is 0 Å². The van der Waals surface area contributed by atoms with E-state index in [9.17, 15) is 0 Å². The Hall–Kier alpha value is -0.830. The van der Waals surface area contributed by atoms with Gasteiger partial charge in [-0.2, -0.15) is 4.68 Å². The molecule has 1 rings (SSSR count). The highest BCUT2D eigenvalue weighted by Crippen LogP contribution is 1.81. The van der Waals surface area contributed by atoms with Crippen LogP contribution in [0.1, 0.15) is 6.92 Å². The van der Waals surface area contributed by atoms with Crippen LogP contribution < -0.4 is 4.68 Å². The summed E-state index contributed by atoms with van der Waals surface area (Å²) in [5.41, 5.74) is 0. The Morgan fingerprint density at radius 2 is 2.36 bits per heavy atom. The lowest BCUT2D eigenvalue weighted by Crippen LogP contribution is -2.43. The molecule has 11 heavy (non-hydrogen) atoms. The predicted molar refractivity (Wildman–Crippen MR) is 42.2 cm³/mol. The molecule has 0 saturated heterocycles. The van der Waals surface area contributed by atoms with Gasteiger partial charge in [0.15, 0.2) is 12.7 Å². The maximum absolute atomic E-state index is 4.98. The molecule has 0 aliphatic carbocycles. The molecule has 0 saturated carbocycles. The quantitative estimate of drug-likeness (QED) is 0.577. The highest BCUT2D eigenvalue weighted by Gasteiger charge is 2.03. The number of hydrogen-bond donors (Lipinski definition) is 0. The van der Waals surface area contributed by atoms with Crippen molar-refractivity contribution in [3.63, 3.8) is 0 Å². The second-order valence-corrected chi connectivity index (χ2v) is 2.40. The van der Waals surface area contributed by atoms with Crippen molar-refractivity contribution in [2.45, 2.75) is 20.0 Å². The van der Waals surface area contributed by atoms with Crippen molar-refractivity contribution in [3.05, 3.63) is 18.5 Å². The van der Waals surface area contributed by atoms with Gasteiger partial charge in [0.2, 0.25) is 0 Å². The first kappa shape index (κ1) is 8.27. The first-order valence-electron chi connectivity index (χ1n) is 3.92. The molecule has 1 heterocycles. The Balaban J connectivity index is 2.54. The topological polar surface area (TPSA) is 18.0 Å². The van der Waals surface area contributed by atoms with E-state index in [1.54, 1.807) is 7.11 Å². The summed E-state index contributed by atoms with van der Waals surface area (Å²) in [6.07, 6.45) is 4.12. The van der Waals surface area contributed by atoms with E-state index in [4.69, 9.17) is 4.74 Å². The van der Waals surface area contributed by atoms with Crippen molar-refractivity contribution in [2.75, 3.05) is 13.7 Å². The van der Waals surface area contributed by atoms with Gasteiger partial charge in [0.1, 0.15) is 6.61 Å². The second-order valence-electron chi connectivity index (χ2n) is 2.40. The van der Waals surface area contributed by atoms with Gasteiger partial charge in [-0.05, 0) is 6.92 Å². The summed E-state index contributed by atoms with van der Waals surface area (Å²) < 4.78 is 9.27. The zero-order valence-corrected chi connectivity index (χ0v) is 7.16. The third-order valence-electron chi connectivity index (χ3n) is 1.69. The molecule has 0 aromatic carbocycles. The van der Waals surface area contributed by atoms with Crippen molar-refractivity contribution in [2.24, 2.45) is 0 Å². The molecular formula is C8H15N2O+. The zero-order valence-electron chi connectivity index (χ0n) is 7.16. The molecular weight excluding hydrogens is 140 g/mol. The van der Waals surface area contributed by atoms with Crippen LogP contribution in [0.15, 0.2) is 18.5 Å². The Morgan fingerprint density at radius 1 is 1.55 bits per heavy atom. The van der Waals surface area contributed by atoms with Crippen LogP contribution in [-0.4, -0.2) is 18.4 Å². The first-order chi connectivity index (χ1) is 5.38. The Kier molecular flexibility index (Phi) is 3.11. The van der Waals surface area contributed by atoms with Crippen LogP contribution >= 0.6 is 0 Å². The summed E-state index contributed by atoms with van der Waals surface area (Å²) in [7, 11) is 1.72. The monoisotopic (exact) mass is 155 g/mol. The van der Waals surface area contributed by atoms with Crippen LogP contribution in [0.3, 0.4) is 0 Å². The molecule has 1 aromatic heterocycles. The fourth-order valence-corrected chi connectivity index (χ4v) is 1.08. The van der Waals surface area contributed by atoms with E-state index in [2.05, 4.69) is 28.7 Å². The predicted octanol–water partition coefficient (Wildman–Crippen LogP) is 0.442. The van der Waals surface area contributed by atoms with E-state index in [0.717, 1.165) is 19.7 Å². The van der Waals surface area contributed by atoms with Crippen molar-refractivity contribution in [3.8, 4) is 0 Å². The molecule has 3 nitrogen and oxygen atoms in total. The minimum Gasteiger partial charge on any atom is -0.378 e. The highest BCUT2D eigenvalue weighted by atomic mass is 16.5. The maximum atomic E-state index is 4.98. The number of ether oxygens (including phenoxy) is 1. The fraction of sp³-hybridized carbons (Fsp3) is 0.625. The average Bonchev–Trinajstić information content (AvgIpc) is 2.47. The Bertz CT molecular complexity index is 208. The van der Waals surface area contributed by atoms with Gasteiger partial charge < -0.3 is 4.74 Å². The SMILES string of the molecule is CCn1ccc[n+]1CCOC. The highest BCUT2D eigenvalue weighted by molar-refractivity contribution is 4.70. The molecule has 1 aromatic rings. The number of methoxy groups -OCH3 is 1. The van der Waals surface area contributed by atoms with Crippen molar-refractivity contribution in [1.82, 2.24) is 4.68 Å². The molecule has 62 valence electrons. The molecule has 0 fully saturated rings. The molecule has 0 aliphatic heterocycles. The van der Waals surface area contributed by atoms with E-state index in [-0.39, 0.29) is 0 Å². The Morgan fingerprint density at radius 3 is 3.00 bits per heavy atom. The summed E-state index contributed by atoms with van der Waals surface area (Å²) in [6, 6.07) is 2.04. The van der Waals surface area contributed by atoms with Crippen LogP contribution in [0.4, 0.5) is 0 Å². The van der Waals surface area contributed by atoms with E-state index in [0.29, 0.717) is 0 Å². The lowest BCUT2D eigenvalue weighted by Gasteiger charge is -1.97.